The van der Waals surface area contributed by atoms with Gasteiger partial charge in [0, 0.05) is 17.8 Å². The predicted octanol–water partition coefficient (Wildman–Crippen LogP) is 0.645. The van der Waals surface area contributed by atoms with Gasteiger partial charge in [-0.15, -0.1) is 0 Å². The summed E-state index contributed by atoms with van der Waals surface area (Å²) in [4.78, 5) is 20.8. The second-order valence-corrected chi connectivity index (χ2v) is 1.80. The summed E-state index contributed by atoms with van der Waals surface area (Å²) in [6.07, 6.45) is -4.79. The Morgan fingerprint density at radius 1 is 1.14 bits per heavy atom. The topological polar surface area (TPSA) is 43.4 Å². The number of carbonyl (C=O) groups is 2. The summed E-state index contributed by atoms with van der Waals surface area (Å²) in [6.45, 7) is 1.30. The van der Waals surface area contributed by atoms with Crippen molar-refractivity contribution in [3.8, 4) is 23.7 Å². The molecule has 0 amide bonds. The van der Waals surface area contributed by atoms with Crippen molar-refractivity contribution in [1.82, 2.24) is 0 Å². The fourth-order valence-corrected chi connectivity index (χ4v) is 0.359. The lowest BCUT2D eigenvalue weighted by Gasteiger charge is -1.92. The van der Waals surface area contributed by atoms with Gasteiger partial charge >= 0.3 is 18.1 Å². The summed E-state index contributed by atoms with van der Waals surface area (Å²) in [7, 11) is 0. The largest absolute Gasteiger partial charge is 0.458 e. The minimum atomic E-state index is -4.79. The minimum Gasteiger partial charge on any atom is -0.373 e. The molecule has 0 unspecified atom stereocenters. The first kappa shape index (κ1) is 12.0. The van der Waals surface area contributed by atoms with E-state index in [4.69, 9.17) is 0 Å². The maximum atomic E-state index is 11.4. The van der Waals surface area contributed by atoms with E-state index < -0.39 is 18.1 Å². The molecule has 0 atom stereocenters. The number of alkyl halides is 3. The lowest BCUT2D eigenvalue weighted by molar-refractivity contribution is -0.151. The quantitative estimate of drug-likeness (QED) is 0.252. The third-order valence-electron chi connectivity index (χ3n) is 0.719. The van der Waals surface area contributed by atoms with Gasteiger partial charge in [0.1, 0.15) is 0 Å². The molecule has 0 radical (unpaired) electrons. The first-order valence-corrected chi connectivity index (χ1v) is 3.13. The molecule has 0 aromatic rings. The Hall–Kier alpha value is -1.95. The Kier molecular flexibility index (Phi) is 4.24. The van der Waals surface area contributed by atoms with Crippen LogP contribution in [0, 0.1) is 23.7 Å². The zero-order valence-electron chi connectivity index (χ0n) is 6.86. The van der Waals surface area contributed by atoms with Gasteiger partial charge in [-0.2, -0.15) is 13.2 Å². The van der Waals surface area contributed by atoms with Gasteiger partial charge in [-0.05, 0) is 6.92 Å². The highest BCUT2D eigenvalue weighted by Crippen LogP contribution is 2.11. The molecular weight excluding hydrogens is 201 g/mol. The Morgan fingerprint density at radius 3 is 2.07 bits per heavy atom. The van der Waals surface area contributed by atoms with Crippen molar-refractivity contribution in [2.45, 2.75) is 13.1 Å². The van der Waals surface area contributed by atoms with E-state index in [1.807, 2.05) is 0 Å². The molecule has 0 spiro atoms. The van der Waals surface area contributed by atoms with E-state index in [9.17, 15) is 22.8 Å². The van der Waals surface area contributed by atoms with Crippen LogP contribution in [0.2, 0.25) is 0 Å². The van der Waals surface area contributed by atoms with Crippen LogP contribution in [0.5, 0.6) is 0 Å². The monoisotopic (exact) mass is 204 g/mol. The number of hydrogen-bond acceptors (Lipinski definition) is 3. The molecule has 0 aromatic heterocycles. The molecule has 14 heavy (non-hydrogen) atoms. The molecule has 0 N–H and O–H groups in total. The molecule has 0 saturated carbocycles. The normalized spacial score (nSPS) is 8.86. The van der Waals surface area contributed by atoms with Crippen molar-refractivity contribution in [3.05, 3.63) is 0 Å². The van der Waals surface area contributed by atoms with Gasteiger partial charge in [-0.1, -0.05) is 5.92 Å². The van der Waals surface area contributed by atoms with E-state index in [0.29, 0.717) is 5.92 Å². The third kappa shape index (κ3) is 6.74. The van der Waals surface area contributed by atoms with E-state index in [1.165, 1.54) is 6.92 Å². The molecule has 3 nitrogen and oxygen atoms in total. The van der Waals surface area contributed by atoms with E-state index in [2.05, 4.69) is 10.7 Å². The van der Waals surface area contributed by atoms with E-state index in [1.54, 1.807) is 5.92 Å². The Morgan fingerprint density at radius 2 is 1.64 bits per heavy atom. The van der Waals surface area contributed by atoms with Gasteiger partial charge in [-0.3, -0.25) is 0 Å². The summed E-state index contributed by atoms with van der Waals surface area (Å²) in [5.74, 6) is 2.79. The van der Waals surface area contributed by atoms with Crippen LogP contribution in [-0.4, -0.2) is 18.1 Å². The second kappa shape index (κ2) is 4.93. The van der Waals surface area contributed by atoms with Crippen LogP contribution in [0.4, 0.5) is 13.2 Å². The van der Waals surface area contributed by atoms with Crippen LogP contribution in [0.1, 0.15) is 6.92 Å². The second-order valence-electron chi connectivity index (χ2n) is 1.80. The van der Waals surface area contributed by atoms with Gasteiger partial charge in [0.2, 0.25) is 0 Å². The third-order valence-corrected chi connectivity index (χ3v) is 0.719. The fourth-order valence-electron chi connectivity index (χ4n) is 0.359. The highest BCUT2D eigenvalue weighted by Gasteiger charge is 2.23. The van der Waals surface area contributed by atoms with Crippen molar-refractivity contribution >= 4 is 11.9 Å². The SMILES string of the molecule is CC#CC(=O)OC(=O)C#CC(F)(F)F. The zero-order valence-corrected chi connectivity index (χ0v) is 6.86. The number of rotatable bonds is 0. The van der Waals surface area contributed by atoms with Crippen molar-refractivity contribution in [2.24, 2.45) is 0 Å². The summed E-state index contributed by atoms with van der Waals surface area (Å²) in [5, 5.41) is 0. The van der Waals surface area contributed by atoms with Crippen molar-refractivity contribution in [3.63, 3.8) is 0 Å². The summed E-state index contributed by atoms with van der Waals surface area (Å²) in [6, 6.07) is 0. The molecule has 0 aliphatic rings. The van der Waals surface area contributed by atoms with Crippen LogP contribution < -0.4 is 0 Å². The maximum absolute atomic E-state index is 11.4. The molecule has 0 heterocycles. The fraction of sp³-hybridized carbons (Fsp3) is 0.250. The van der Waals surface area contributed by atoms with E-state index >= 15 is 0 Å². The first-order chi connectivity index (χ1) is 6.35. The van der Waals surface area contributed by atoms with Crippen molar-refractivity contribution in [1.29, 1.82) is 0 Å². The molecule has 0 aliphatic carbocycles. The molecule has 0 aliphatic heterocycles. The van der Waals surface area contributed by atoms with Crippen molar-refractivity contribution < 1.29 is 27.5 Å². The smallest absolute Gasteiger partial charge is 0.373 e. The molecule has 0 aromatic carbocycles. The van der Waals surface area contributed by atoms with Gasteiger partial charge in [0.05, 0.1) is 0 Å². The van der Waals surface area contributed by atoms with Gasteiger partial charge in [0.15, 0.2) is 0 Å². The van der Waals surface area contributed by atoms with Crippen LogP contribution in [0.15, 0.2) is 0 Å². The molecule has 0 rings (SSSR count). The standard InChI is InChI=1S/C8H3F3O3/c1-2-3-6(12)14-7(13)4-5-8(9,10)11/h1H3. The van der Waals surface area contributed by atoms with Gasteiger partial charge in [-0.25, -0.2) is 9.59 Å². The first-order valence-electron chi connectivity index (χ1n) is 3.13. The van der Waals surface area contributed by atoms with Crippen molar-refractivity contribution in [2.75, 3.05) is 0 Å². The van der Waals surface area contributed by atoms with Gasteiger partial charge < -0.3 is 4.74 Å². The molecule has 6 heteroatoms. The highest BCUT2D eigenvalue weighted by atomic mass is 19.4. The molecule has 74 valence electrons. The van der Waals surface area contributed by atoms with Gasteiger partial charge in [0.25, 0.3) is 0 Å². The highest BCUT2D eigenvalue weighted by molar-refractivity contribution is 6.02. The number of carbonyl (C=O) groups excluding carboxylic acids is 2. The molecule has 0 bridgehead atoms. The Labute approximate surface area is 77.2 Å². The number of hydrogen-bond donors (Lipinski definition) is 0. The molecule has 0 fully saturated rings. The molecular formula is C8H3F3O3. The van der Waals surface area contributed by atoms with Crippen LogP contribution in [0.3, 0.4) is 0 Å². The zero-order chi connectivity index (χ0) is 11.2. The number of esters is 2. The van der Waals surface area contributed by atoms with E-state index in [0.717, 1.165) is 5.92 Å². The van der Waals surface area contributed by atoms with E-state index in [-0.39, 0.29) is 0 Å². The van der Waals surface area contributed by atoms with Crippen LogP contribution in [0.25, 0.3) is 0 Å². The summed E-state index contributed by atoms with van der Waals surface area (Å²) >= 11 is 0. The number of ether oxygens (including phenoxy) is 1. The lowest BCUT2D eigenvalue weighted by Crippen LogP contribution is -2.10. The molecule has 0 saturated heterocycles. The lowest BCUT2D eigenvalue weighted by atomic mass is 10.5. The van der Waals surface area contributed by atoms with Crippen LogP contribution in [-0.2, 0) is 14.3 Å². The summed E-state index contributed by atoms with van der Waals surface area (Å²) in [5.41, 5.74) is 0. The number of halogens is 3. The van der Waals surface area contributed by atoms with Crippen LogP contribution >= 0.6 is 0 Å². The minimum absolute atomic E-state index is 0.644. The predicted molar refractivity (Wildman–Crippen MR) is 38.4 cm³/mol. The average molecular weight is 204 g/mol. The average Bonchev–Trinajstić information content (AvgIpc) is 2.00. The summed E-state index contributed by atoms with van der Waals surface area (Å²) < 4.78 is 38.0. The Bertz CT molecular complexity index is 359. The maximum Gasteiger partial charge on any atom is 0.458 e. The Balaban J connectivity index is 4.28.